The van der Waals surface area contributed by atoms with E-state index in [1.165, 1.54) is 0 Å². The number of amides is 2. The second kappa shape index (κ2) is 5.26. The molecule has 1 saturated heterocycles. The molecule has 0 saturated carbocycles. The van der Waals surface area contributed by atoms with Gasteiger partial charge in [-0.2, -0.15) is 0 Å². The number of fused-ring (bicyclic) bond motifs is 1. The van der Waals surface area contributed by atoms with Crippen molar-refractivity contribution in [2.75, 3.05) is 0 Å². The van der Waals surface area contributed by atoms with Crippen molar-refractivity contribution >= 4 is 34.3 Å². The molecule has 2 amide bonds. The molecule has 1 aromatic carbocycles. The second-order valence-electron chi connectivity index (χ2n) is 4.89. The van der Waals surface area contributed by atoms with Crippen LogP contribution in [-0.2, 0) is 16.1 Å². The van der Waals surface area contributed by atoms with Gasteiger partial charge in [0.2, 0.25) is 11.8 Å². The molecule has 1 atom stereocenters. The summed E-state index contributed by atoms with van der Waals surface area (Å²) in [6, 6.07) is 5.35. The molecule has 0 aliphatic carbocycles. The van der Waals surface area contributed by atoms with Crippen LogP contribution >= 0.6 is 11.6 Å². The number of benzene rings is 1. The Balaban J connectivity index is 1.71. The molecule has 0 radical (unpaired) electrons. The van der Waals surface area contributed by atoms with E-state index in [4.69, 9.17) is 11.6 Å². The lowest BCUT2D eigenvalue weighted by Crippen LogP contribution is -2.50. The third kappa shape index (κ3) is 2.55. The lowest BCUT2D eigenvalue weighted by molar-refractivity contribution is -0.134. The summed E-state index contributed by atoms with van der Waals surface area (Å²) in [7, 11) is 0. The third-order valence-corrected chi connectivity index (χ3v) is 3.74. The summed E-state index contributed by atoms with van der Waals surface area (Å²) >= 11 is 5.94. The average Bonchev–Trinajstić information content (AvgIpc) is 2.80. The smallest absolute Gasteiger partial charge is 0.243 e. The summed E-state index contributed by atoms with van der Waals surface area (Å²) in [5.74, 6) is -0.445. The Hall–Kier alpha value is -1.85. The maximum atomic E-state index is 11.7. The normalized spacial score (nSPS) is 19.4. The van der Waals surface area contributed by atoms with Crippen LogP contribution in [0.5, 0.6) is 0 Å². The third-order valence-electron chi connectivity index (χ3n) is 3.51. The van der Waals surface area contributed by atoms with Crippen LogP contribution in [0.25, 0.3) is 10.9 Å². The van der Waals surface area contributed by atoms with E-state index in [1.807, 2.05) is 24.4 Å². The summed E-state index contributed by atoms with van der Waals surface area (Å²) in [5, 5.41) is 7.28. The Morgan fingerprint density at radius 3 is 3.00 bits per heavy atom. The van der Waals surface area contributed by atoms with Crippen molar-refractivity contribution in [1.82, 2.24) is 15.6 Å². The zero-order chi connectivity index (χ0) is 14.1. The number of hydrogen-bond donors (Lipinski definition) is 3. The fourth-order valence-electron chi connectivity index (χ4n) is 2.43. The van der Waals surface area contributed by atoms with Gasteiger partial charge in [-0.1, -0.05) is 17.7 Å². The molecule has 0 bridgehead atoms. The van der Waals surface area contributed by atoms with Gasteiger partial charge >= 0.3 is 0 Å². The molecule has 0 spiro atoms. The summed E-state index contributed by atoms with van der Waals surface area (Å²) in [5.41, 5.74) is 2.04. The predicted molar refractivity (Wildman–Crippen MR) is 76.3 cm³/mol. The van der Waals surface area contributed by atoms with E-state index >= 15 is 0 Å². The van der Waals surface area contributed by atoms with E-state index in [9.17, 15) is 9.59 Å². The van der Waals surface area contributed by atoms with Gasteiger partial charge in [-0.15, -0.1) is 0 Å². The van der Waals surface area contributed by atoms with Crippen LogP contribution in [0, 0.1) is 0 Å². The zero-order valence-corrected chi connectivity index (χ0v) is 11.5. The summed E-state index contributed by atoms with van der Waals surface area (Å²) in [6.07, 6.45) is 2.83. The Bertz CT molecular complexity index is 680. The number of imide groups is 1. The quantitative estimate of drug-likeness (QED) is 0.754. The topological polar surface area (TPSA) is 74.0 Å². The number of hydrogen-bond acceptors (Lipinski definition) is 3. The summed E-state index contributed by atoms with van der Waals surface area (Å²) in [4.78, 5) is 25.9. The molecule has 2 aromatic rings. The van der Waals surface area contributed by atoms with Crippen LogP contribution in [0.4, 0.5) is 0 Å². The fraction of sp³-hybridized carbons (Fsp3) is 0.286. The monoisotopic (exact) mass is 291 g/mol. The van der Waals surface area contributed by atoms with Crippen molar-refractivity contribution in [2.45, 2.75) is 25.4 Å². The van der Waals surface area contributed by atoms with Gasteiger partial charge < -0.3 is 10.3 Å². The van der Waals surface area contributed by atoms with Crippen LogP contribution in [0.15, 0.2) is 24.4 Å². The van der Waals surface area contributed by atoms with Crippen molar-refractivity contribution in [3.05, 3.63) is 35.0 Å². The Labute approximate surface area is 120 Å². The molecule has 1 unspecified atom stereocenters. The minimum absolute atomic E-state index is 0.199. The number of halogens is 1. The number of nitrogens with one attached hydrogen (secondary N) is 3. The average molecular weight is 292 g/mol. The highest BCUT2D eigenvalue weighted by molar-refractivity contribution is 6.31. The highest BCUT2D eigenvalue weighted by atomic mass is 35.5. The van der Waals surface area contributed by atoms with Gasteiger partial charge in [-0.25, -0.2) is 0 Å². The molecule has 1 fully saturated rings. The minimum atomic E-state index is -0.315. The van der Waals surface area contributed by atoms with Crippen molar-refractivity contribution in [3.63, 3.8) is 0 Å². The van der Waals surface area contributed by atoms with E-state index in [2.05, 4.69) is 15.6 Å². The summed E-state index contributed by atoms with van der Waals surface area (Å²) < 4.78 is 0. The first-order valence-corrected chi connectivity index (χ1v) is 6.84. The van der Waals surface area contributed by atoms with Crippen LogP contribution < -0.4 is 10.6 Å². The maximum absolute atomic E-state index is 11.7. The zero-order valence-electron chi connectivity index (χ0n) is 10.7. The first kappa shape index (κ1) is 13.1. The van der Waals surface area contributed by atoms with Crippen LogP contribution in [0.3, 0.4) is 0 Å². The molecule has 104 valence electrons. The van der Waals surface area contributed by atoms with Gasteiger partial charge in [0.05, 0.1) is 6.04 Å². The lowest BCUT2D eigenvalue weighted by Gasteiger charge is -2.21. The maximum Gasteiger partial charge on any atom is 0.243 e. The van der Waals surface area contributed by atoms with Crippen molar-refractivity contribution in [1.29, 1.82) is 0 Å². The van der Waals surface area contributed by atoms with Gasteiger partial charge in [-0.05, 0) is 24.1 Å². The number of H-pyrrole nitrogens is 1. The molecule has 2 heterocycles. The van der Waals surface area contributed by atoms with Crippen LogP contribution in [0.2, 0.25) is 5.02 Å². The Kier molecular flexibility index (Phi) is 3.46. The SMILES string of the molecule is O=C1CCC(NCc2c[nH]c3cc(Cl)ccc23)C(=O)N1. The first-order valence-electron chi connectivity index (χ1n) is 6.46. The molecule has 1 aromatic heterocycles. The van der Waals surface area contributed by atoms with Gasteiger partial charge in [0.25, 0.3) is 0 Å². The predicted octanol–water partition coefficient (Wildman–Crippen LogP) is 1.72. The Morgan fingerprint density at radius 2 is 2.20 bits per heavy atom. The molecule has 1 aliphatic heterocycles. The standard InChI is InChI=1S/C14H14ClN3O2/c15-9-1-2-10-8(7-17-12(10)5-9)6-16-11-3-4-13(19)18-14(11)20/h1-2,5,7,11,16-17H,3-4,6H2,(H,18,19,20). The lowest BCUT2D eigenvalue weighted by atomic mass is 10.1. The first-order chi connectivity index (χ1) is 9.63. The van der Waals surface area contributed by atoms with Crippen molar-refractivity contribution < 1.29 is 9.59 Å². The molecule has 1 aliphatic rings. The number of carbonyl (C=O) groups is 2. The Morgan fingerprint density at radius 1 is 1.35 bits per heavy atom. The number of piperidine rings is 1. The highest BCUT2D eigenvalue weighted by Gasteiger charge is 2.25. The molecular weight excluding hydrogens is 278 g/mol. The number of rotatable bonds is 3. The van der Waals surface area contributed by atoms with Gasteiger partial charge in [0, 0.05) is 35.1 Å². The molecule has 3 rings (SSSR count). The molecule has 5 nitrogen and oxygen atoms in total. The fourth-order valence-corrected chi connectivity index (χ4v) is 2.60. The minimum Gasteiger partial charge on any atom is -0.361 e. The highest BCUT2D eigenvalue weighted by Crippen LogP contribution is 2.22. The molecular formula is C14H14ClN3O2. The van der Waals surface area contributed by atoms with E-state index in [0.717, 1.165) is 16.5 Å². The van der Waals surface area contributed by atoms with E-state index < -0.39 is 0 Å². The summed E-state index contributed by atoms with van der Waals surface area (Å²) in [6.45, 7) is 0.563. The van der Waals surface area contributed by atoms with Gasteiger partial charge in [-0.3, -0.25) is 14.9 Å². The van der Waals surface area contributed by atoms with Gasteiger partial charge in [0.15, 0.2) is 0 Å². The molecule has 20 heavy (non-hydrogen) atoms. The number of aromatic amines is 1. The molecule has 6 heteroatoms. The van der Waals surface area contributed by atoms with E-state index in [0.29, 0.717) is 24.4 Å². The van der Waals surface area contributed by atoms with E-state index in [-0.39, 0.29) is 17.9 Å². The van der Waals surface area contributed by atoms with Crippen molar-refractivity contribution in [2.24, 2.45) is 0 Å². The van der Waals surface area contributed by atoms with Crippen LogP contribution in [0.1, 0.15) is 18.4 Å². The number of aromatic nitrogens is 1. The molecule has 3 N–H and O–H groups in total. The van der Waals surface area contributed by atoms with Crippen LogP contribution in [-0.4, -0.2) is 22.8 Å². The van der Waals surface area contributed by atoms with E-state index in [1.54, 1.807) is 0 Å². The largest absolute Gasteiger partial charge is 0.361 e. The second-order valence-corrected chi connectivity index (χ2v) is 5.32. The number of carbonyl (C=O) groups excluding carboxylic acids is 2. The van der Waals surface area contributed by atoms with Crippen molar-refractivity contribution in [3.8, 4) is 0 Å². The van der Waals surface area contributed by atoms with Gasteiger partial charge in [0.1, 0.15) is 0 Å².